The first-order valence-corrected chi connectivity index (χ1v) is 6.52. The van der Waals surface area contributed by atoms with Crippen molar-refractivity contribution in [2.24, 2.45) is 5.92 Å². The van der Waals surface area contributed by atoms with E-state index in [1.165, 1.54) is 18.2 Å². The summed E-state index contributed by atoms with van der Waals surface area (Å²) >= 11 is 0. The van der Waals surface area contributed by atoms with Crippen molar-refractivity contribution in [3.8, 4) is 5.75 Å². The number of ether oxygens (including phenoxy) is 1. The Morgan fingerprint density at radius 3 is 2.70 bits per heavy atom. The molecule has 2 rings (SSSR count). The molecule has 110 valence electrons. The Morgan fingerprint density at radius 1 is 1.40 bits per heavy atom. The third kappa shape index (κ3) is 3.05. The van der Waals surface area contributed by atoms with Gasteiger partial charge in [0.2, 0.25) is 5.91 Å². The number of hydrogen-bond donors (Lipinski definition) is 1. The zero-order chi connectivity index (χ0) is 14.9. The van der Waals surface area contributed by atoms with E-state index in [1.54, 1.807) is 0 Å². The molecule has 1 aromatic carbocycles. The van der Waals surface area contributed by atoms with Gasteiger partial charge in [-0.05, 0) is 36.1 Å². The van der Waals surface area contributed by atoms with Gasteiger partial charge in [0.25, 0.3) is 0 Å². The lowest BCUT2D eigenvalue weighted by atomic mass is 9.85. The number of halogens is 3. The van der Waals surface area contributed by atoms with Gasteiger partial charge in [-0.3, -0.25) is 4.79 Å². The van der Waals surface area contributed by atoms with E-state index in [2.05, 4.69) is 10.1 Å². The lowest BCUT2D eigenvalue weighted by Crippen LogP contribution is -2.19. The first-order chi connectivity index (χ1) is 9.31. The topological polar surface area (TPSA) is 38.3 Å². The van der Waals surface area contributed by atoms with Crippen LogP contribution in [0.15, 0.2) is 18.2 Å². The van der Waals surface area contributed by atoms with Crippen LogP contribution < -0.4 is 10.1 Å². The van der Waals surface area contributed by atoms with Crippen molar-refractivity contribution in [2.75, 3.05) is 5.32 Å². The molecule has 1 aliphatic rings. The Morgan fingerprint density at radius 2 is 2.10 bits per heavy atom. The predicted octanol–water partition coefficient (Wildman–Crippen LogP) is 4.06. The summed E-state index contributed by atoms with van der Waals surface area (Å²) in [6.07, 6.45) is -2.98. The highest BCUT2D eigenvalue weighted by molar-refractivity contribution is 6.03. The molecular weight excluding hydrogens is 271 g/mol. The molecule has 2 atom stereocenters. The number of amides is 1. The first kappa shape index (κ1) is 14.7. The molecule has 0 aromatic heterocycles. The van der Waals surface area contributed by atoms with Gasteiger partial charge in [-0.15, -0.1) is 13.2 Å². The Labute approximate surface area is 115 Å². The molecule has 0 bridgehead atoms. The summed E-state index contributed by atoms with van der Waals surface area (Å²) in [6.45, 7) is 3.94. The van der Waals surface area contributed by atoms with Crippen LogP contribution in [-0.4, -0.2) is 12.3 Å². The number of fused-ring (bicyclic) bond motifs is 1. The zero-order valence-electron chi connectivity index (χ0n) is 11.3. The maximum absolute atomic E-state index is 12.2. The largest absolute Gasteiger partial charge is 0.573 e. The van der Waals surface area contributed by atoms with Crippen molar-refractivity contribution in [1.29, 1.82) is 0 Å². The molecule has 1 amide bonds. The number of anilines is 1. The highest BCUT2D eigenvalue weighted by atomic mass is 19.4. The van der Waals surface area contributed by atoms with Crippen LogP contribution in [0.25, 0.3) is 0 Å². The average molecular weight is 287 g/mol. The van der Waals surface area contributed by atoms with Crippen molar-refractivity contribution in [3.05, 3.63) is 23.8 Å². The summed E-state index contributed by atoms with van der Waals surface area (Å²) in [6, 6.07) is 3.96. The maximum Gasteiger partial charge on any atom is 0.573 e. The zero-order valence-corrected chi connectivity index (χ0v) is 11.3. The van der Waals surface area contributed by atoms with Crippen LogP contribution in [0.3, 0.4) is 0 Å². The van der Waals surface area contributed by atoms with Gasteiger partial charge < -0.3 is 10.1 Å². The molecule has 3 nitrogen and oxygen atoms in total. The molecule has 0 spiro atoms. The van der Waals surface area contributed by atoms with Gasteiger partial charge in [0.15, 0.2) is 0 Å². The van der Waals surface area contributed by atoms with Gasteiger partial charge in [0.1, 0.15) is 5.75 Å². The molecule has 0 radical (unpaired) electrons. The van der Waals surface area contributed by atoms with E-state index in [9.17, 15) is 18.0 Å². The fraction of sp³-hybridized carbons (Fsp3) is 0.500. The summed E-state index contributed by atoms with van der Waals surface area (Å²) in [7, 11) is 0. The van der Waals surface area contributed by atoms with Crippen LogP contribution in [-0.2, 0) is 4.79 Å². The normalized spacial score (nSPS) is 19.4. The molecule has 2 unspecified atom stereocenters. The molecule has 1 heterocycles. The number of carbonyl (C=O) groups is 1. The monoisotopic (exact) mass is 287 g/mol. The number of nitrogens with one attached hydrogen (secondary N) is 1. The SMILES string of the molecule is CCCC(C)C1C(=O)Nc2ccc(OC(F)(F)F)cc21. The summed E-state index contributed by atoms with van der Waals surface area (Å²) in [4.78, 5) is 12.0. The Bertz CT molecular complexity index is 514. The van der Waals surface area contributed by atoms with Crippen LogP contribution in [0.2, 0.25) is 0 Å². The molecule has 0 saturated carbocycles. The molecule has 0 fully saturated rings. The fourth-order valence-corrected chi connectivity index (χ4v) is 2.65. The van der Waals surface area contributed by atoms with Crippen LogP contribution in [0.1, 0.15) is 38.2 Å². The molecule has 1 N–H and O–H groups in total. The Kier molecular flexibility index (Phi) is 3.92. The van der Waals surface area contributed by atoms with Gasteiger partial charge in [-0.1, -0.05) is 20.3 Å². The van der Waals surface area contributed by atoms with Crippen molar-refractivity contribution in [1.82, 2.24) is 0 Å². The predicted molar refractivity (Wildman–Crippen MR) is 68.6 cm³/mol. The average Bonchev–Trinajstić information content (AvgIpc) is 2.62. The van der Waals surface area contributed by atoms with Gasteiger partial charge in [0, 0.05) is 5.69 Å². The smallest absolute Gasteiger partial charge is 0.406 e. The highest BCUT2D eigenvalue weighted by Crippen LogP contribution is 2.41. The number of alkyl halides is 3. The second-order valence-corrected chi connectivity index (χ2v) is 5.03. The van der Waals surface area contributed by atoms with E-state index < -0.39 is 12.3 Å². The highest BCUT2D eigenvalue weighted by Gasteiger charge is 2.36. The van der Waals surface area contributed by atoms with Crippen molar-refractivity contribution in [2.45, 2.75) is 39.0 Å². The molecular formula is C14H16F3NO2. The number of hydrogen-bond acceptors (Lipinski definition) is 2. The van der Waals surface area contributed by atoms with Gasteiger partial charge in [-0.25, -0.2) is 0 Å². The molecule has 20 heavy (non-hydrogen) atoms. The number of carbonyl (C=O) groups excluding carboxylic acids is 1. The molecule has 0 aliphatic carbocycles. The van der Waals surface area contributed by atoms with E-state index in [4.69, 9.17) is 0 Å². The number of benzene rings is 1. The van der Waals surface area contributed by atoms with E-state index in [-0.39, 0.29) is 17.6 Å². The molecule has 0 saturated heterocycles. The van der Waals surface area contributed by atoms with E-state index in [0.717, 1.165) is 12.8 Å². The molecule has 1 aliphatic heterocycles. The molecule has 1 aromatic rings. The van der Waals surface area contributed by atoms with E-state index in [1.807, 2.05) is 13.8 Å². The van der Waals surface area contributed by atoms with Gasteiger partial charge in [-0.2, -0.15) is 0 Å². The summed E-state index contributed by atoms with van der Waals surface area (Å²) in [5.74, 6) is -0.796. The summed E-state index contributed by atoms with van der Waals surface area (Å²) in [5.41, 5.74) is 1.15. The number of rotatable bonds is 4. The summed E-state index contributed by atoms with van der Waals surface area (Å²) < 4.78 is 40.6. The second kappa shape index (κ2) is 5.34. The Balaban J connectivity index is 2.30. The minimum atomic E-state index is -4.73. The minimum absolute atomic E-state index is 0.0717. The van der Waals surface area contributed by atoms with Crippen LogP contribution in [0.5, 0.6) is 5.75 Å². The lowest BCUT2D eigenvalue weighted by Gasteiger charge is -2.17. The van der Waals surface area contributed by atoms with Gasteiger partial charge in [0.05, 0.1) is 5.92 Å². The second-order valence-electron chi connectivity index (χ2n) is 5.03. The van der Waals surface area contributed by atoms with Crippen molar-refractivity contribution >= 4 is 11.6 Å². The Hall–Kier alpha value is -1.72. The van der Waals surface area contributed by atoms with E-state index in [0.29, 0.717) is 11.3 Å². The van der Waals surface area contributed by atoms with Gasteiger partial charge >= 0.3 is 6.36 Å². The van der Waals surface area contributed by atoms with Crippen LogP contribution in [0.4, 0.5) is 18.9 Å². The van der Waals surface area contributed by atoms with Crippen molar-refractivity contribution in [3.63, 3.8) is 0 Å². The third-order valence-corrected chi connectivity index (χ3v) is 3.45. The minimum Gasteiger partial charge on any atom is -0.406 e. The van der Waals surface area contributed by atoms with E-state index >= 15 is 0 Å². The first-order valence-electron chi connectivity index (χ1n) is 6.52. The summed E-state index contributed by atoms with van der Waals surface area (Å²) in [5, 5.41) is 2.70. The van der Waals surface area contributed by atoms with Crippen LogP contribution >= 0.6 is 0 Å². The molecule has 6 heteroatoms. The standard InChI is InChI=1S/C14H16F3NO2/c1-3-4-8(2)12-10-7-9(20-14(15,16)17)5-6-11(10)18-13(12)19/h5-8,12H,3-4H2,1-2H3,(H,18,19). The van der Waals surface area contributed by atoms with Crippen molar-refractivity contribution < 1.29 is 22.7 Å². The quantitative estimate of drug-likeness (QED) is 0.907. The van der Waals surface area contributed by atoms with Crippen LogP contribution in [0, 0.1) is 5.92 Å². The third-order valence-electron chi connectivity index (χ3n) is 3.45. The lowest BCUT2D eigenvalue weighted by molar-refractivity contribution is -0.274. The maximum atomic E-state index is 12.2. The fourth-order valence-electron chi connectivity index (χ4n) is 2.65.